The number of carboxylic acid groups (broad SMARTS) is 1. The van der Waals surface area contributed by atoms with Crippen molar-refractivity contribution in [3.8, 4) is 0 Å². The number of sulfonamides is 1. The van der Waals surface area contributed by atoms with Crippen LogP contribution in [0.3, 0.4) is 0 Å². The molecule has 0 aliphatic carbocycles. The average molecular weight is 307 g/mol. The summed E-state index contributed by atoms with van der Waals surface area (Å²) in [5.74, 6) is -2.02. The second kappa shape index (κ2) is 6.13. The predicted octanol–water partition coefficient (Wildman–Crippen LogP) is 0.630. The Morgan fingerprint density at radius 1 is 1.47 bits per heavy atom. The molecular weight excluding hydrogens is 294 g/mol. The number of carbonyl (C=O) groups is 2. The maximum atomic E-state index is 12.1. The van der Waals surface area contributed by atoms with Gasteiger partial charge in [0.2, 0.25) is 10.0 Å². The van der Waals surface area contributed by atoms with E-state index in [-0.39, 0.29) is 16.4 Å². The molecule has 1 rings (SSSR count). The lowest BCUT2D eigenvalue weighted by Gasteiger charge is -2.15. The van der Waals surface area contributed by atoms with Crippen LogP contribution in [0, 0.1) is 0 Å². The van der Waals surface area contributed by atoms with Crippen molar-refractivity contribution in [1.82, 2.24) is 4.31 Å². The summed E-state index contributed by atoms with van der Waals surface area (Å²) in [5.41, 5.74) is 0. The zero-order valence-corrected chi connectivity index (χ0v) is 12.0. The van der Waals surface area contributed by atoms with E-state index in [0.29, 0.717) is 0 Å². The summed E-state index contributed by atoms with van der Waals surface area (Å²) in [6.45, 7) is 1.28. The summed E-state index contributed by atoms with van der Waals surface area (Å²) < 4.78 is 29.6. The van der Waals surface area contributed by atoms with Crippen molar-refractivity contribution in [2.24, 2.45) is 0 Å². The number of hydrogen-bond acceptors (Lipinski definition) is 6. The van der Waals surface area contributed by atoms with Gasteiger partial charge >= 0.3 is 11.9 Å². The van der Waals surface area contributed by atoms with Crippen LogP contribution in [0.4, 0.5) is 0 Å². The molecule has 9 heteroatoms. The van der Waals surface area contributed by atoms with Crippen molar-refractivity contribution in [2.75, 3.05) is 20.2 Å². The van der Waals surface area contributed by atoms with Gasteiger partial charge in [-0.15, -0.1) is 11.3 Å². The number of carbonyl (C=O) groups excluding carboxylic acids is 1. The van der Waals surface area contributed by atoms with Gasteiger partial charge in [0.1, 0.15) is 16.3 Å². The average Bonchev–Trinajstić information content (AvgIpc) is 2.78. The molecule has 0 radical (unpaired) electrons. The maximum absolute atomic E-state index is 12.1. The first-order valence-electron chi connectivity index (χ1n) is 5.23. The van der Waals surface area contributed by atoms with Crippen LogP contribution >= 0.6 is 11.3 Å². The number of aromatic carboxylic acids is 1. The molecule has 0 bridgehead atoms. The van der Waals surface area contributed by atoms with Gasteiger partial charge in [-0.3, -0.25) is 4.79 Å². The van der Waals surface area contributed by atoms with Gasteiger partial charge in [0.05, 0.1) is 6.61 Å². The Morgan fingerprint density at radius 2 is 2.11 bits per heavy atom. The lowest BCUT2D eigenvalue weighted by Crippen LogP contribution is -2.33. The SMILES string of the molecule is CCOC(=O)CN(C)S(=O)(=O)c1ccsc1C(=O)O. The Labute approximate surface area is 114 Å². The lowest BCUT2D eigenvalue weighted by molar-refractivity contribution is -0.143. The number of esters is 1. The smallest absolute Gasteiger partial charge is 0.347 e. The van der Waals surface area contributed by atoms with Crippen LogP contribution in [-0.2, 0) is 19.6 Å². The topological polar surface area (TPSA) is 101 Å². The van der Waals surface area contributed by atoms with Gasteiger partial charge in [-0.05, 0) is 18.4 Å². The van der Waals surface area contributed by atoms with Crippen molar-refractivity contribution in [1.29, 1.82) is 0 Å². The molecule has 0 atom stereocenters. The van der Waals surface area contributed by atoms with E-state index in [1.54, 1.807) is 6.92 Å². The minimum Gasteiger partial charge on any atom is -0.477 e. The number of hydrogen-bond donors (Lipinski definition) is 1. The zero-order valence-electron chi connectivity index (χ0n) is 10.3. The molecule has 0 amide bonds. The van der Waals surface area contributed by atoms with E-state index in [1.165, 1.54) is 18.5 Å². The van der Waals surface area contributed by atoms with Crippen LogP contribution < -0.4 is 0 Å². The molecule has 7 nitrogen and oxygen atoms in total. The molecule has 0 fully saturated rings. The van der Waals surface area contributed by atoms with E-state index < -0.39 is 28.5 Å². The Balaban J connectivity index is 3.00. The molecule has 1 aromatic heterocycles. The number of rotatable bonds is 6. The summed E-state index contributed by atoms with van der Waals surface area (Å²) in [4.78, 5) is 21.6. The Kier molecular flexibility index (Phi) is 5.04. The molecule has 1 heterocycles. The third kappa shape index (κ3) is 3.52. The number of thiophene rings is 1. The maximum Gasteiger partial charge on any atom is 0.347 e. The number of ether oxygens (including phenoxy) is 1. The molecular formula is C10H13NO6S2. The van der Waals surface area contributed by atoms with Gasteiger partial charge in [-0.2, -0.15) is 4.31 Å². The first-order valence-corrected chi connectivity index (χ1v) is 7.55. The summed E-state index contributed by atoms with van der Waals surface area (Å²) in [5, 5.41) is 10.3. The van der Waals surface area contributed by atoms with E-state index >= 15 is 0 Å². The molecule has 1 aromatic rings. The highest BCUT2D eigenvalue weighted by atomic mass is 32.2. The molecule has 106 valence electrons. The highest BCUT2D eigenvalue weighted by Crippen LogP contribution is 2.24. The predicted molar refractivity (Wildman–Crippen MR) is 67.7 cm³/mol. The monoisotopic (exact) mass is 307 g/mol. The van der Waals surface area contributed by atoms with Crippen molar-refractivity contribution in [3.05, 3.63) is 16.3 Å². The van der Waals surface area contributed by atoms with Crippen LogP contribution in [0.5, 0.6) is 0 Å². The van der Waals surface area contributed by atoms with Crippen LogP contribution in [0.1, 0.15) is 16.6 Å². The van der Waals surface area contributed by atoms with E-state index in [1.807, 2.05) is 0 Å². The molecule has 0 saturated heterocycles. The Hall–Kier alpha value is -1.45. The van der Waals surface area contributed by atoms with Gasteiger partial charge in [0.25, 0.3) is 0 Å². The van der Waals surface area contributed by atoms with Gasteiger partial charge in [-0.1, -0.05) is 0 Å². The van der Waals surface area contributed by atoms with Gasteiger partial charge in [0.15, 0.2) is 0 Å². The number of nitrogens with zero attached hydrogens (tertiary/aromatic N) is 1. The normalized spacial score (nSPS) is 11.5. The van der Waals surface area contributed by atoms with E-state index in [2.05, 4.69) is 4.74 Å². The van der Waals surface area contributed by atoms with E-state index in [9.17, 15) is 18.0 Å². The van der Waals surface area contributed by atoms with Gasteiger partial charge in [0, 0.05) is 7.05 Å². The third-order valence-electron chi connectivity index (χ3n) is 2.17. The molecule has 0 aromatic carbocycles. The van der Waals surface area contributed by atoms with E-state index in [0.717, 1.165) is 15.6 Å². The van der Waals surface area contributed by atoms with Crippen molar-refractivity contribution < 1.29 is 27.9 Å². The number of carboxylic acids is 1. The Morgan fingerprint density at radius 3 is 2.63 bits per heavy atom. The van der Waals surface area contributed by atoms with Crippen molar-refractivity contribution in [2.45, 2.75) is 11.8 Å². The second-order valence-electron chi connectivity index (χ2n) is 3.49. The third-order valence-corrected chi connectivity index (χ3v) is 5.05. The molecule has 0 unspecified atom stereocenters. The van der Waals surface area contributed by atoms with Crippen LogP contribution in [0.2, 0.25) is 0 Å². The summed E-state index contributed by atoms with van der Waals surface area (Å²) in [7, 11) is -2.83. The second-order valence-corrected chi connectivity index (χ2v) is 6.41. The van der Waals surface area contributed by atoms with Crippen LogP contribution in [0.25, 0.3) is 0 Å². The van der Waals surface area contributed by atoms with Gasteiger partial charge in [-0.25, -0.2) is 13.2 Å². The fourth-order valence-electron chi connectivity index (χ4n) is 1.30. The van der Waals surface area contributed by atoms with Crippen molar-refractivity contribution in [3.63, 3.8) is 0 Å². The summed E-state index contributed by atoms with van der Waals surface area (Å²) in [6.07, 6.45) is 0. The van der Waals surface area contributed by atoms with Crippen molar-refractivity contribution >= 4 is 33.3 Å². The molecule has 1 N–H and O–H groups in total. The molecule has 0 aliphatic heterocycles. The largest absolute Gasteiger partial charge is 0.477 e. The molecule has 0 saturated carbocycles. The summed E-state index contributed by atoms with van der Waals surface area (Å²) in [6, 6.07) is 1.20. The summed E-state index contributed by atoms with van der Waals surface area (Å²) >= 11 is 0.810. The standard InChI is InChI=1S/C10H13NO6S2/c1-3-17-8(12)6-11(2)19(15,16)7-4-5-18-9(7)10(13)14/h4-5H,3,6H2,1-2H3,(H,13,14). The fraction of sp³-hybridized carbons (Fsp3) is 0.400. The van der Waals surface area contributed by atoms with Crippen LogP contribution in [-0.4, -0.2) is 50.0 Å². The first kappa shape index (κ1) is 15.6. The highest BCUT2D eigenvalue weighted by molar-refractivity contribution is 7.89. The fourth-order valence-corrected chi connectivity index (χ4v) is 3.64. The first-order chi connectivity index (χ1) is 8.80. The molecule has 0 aliphatic rings. The van der Waals surface area contributed by atoms with Crippen LogP contribution in [0.15, 0.2) is 16.3 Å². The number of likely N-dealkylation sites (N-methyl/N-ethyl adjacent to an activating group) is 1. The van der Waals surface area contributed by atoms with E-state index in [4.69, 9.17) is 5.11 Å². The quantitative estimate of drug-likeness (QED) is 0.774. The molecule has 0 spiro atoms. The van der Waals surface area contributed by atoms with Gasteiger partial charge < -0.3 is 9.84 Å². The highest BCUT2D eigenvalue weighted by Gasteiger charge is 2.29. The minimum atomic E-state index is -4.02. The Bertz CT molecular complexity index is 577. The zero-order chi connectivity index (χ0) is 14.6. The minimum absolute atomic E-state index is 0.144. The molecule has 19 heavy (non-hydrogen) atoms. The lowest BCUT2D eigenvalue weighted by atomic mass is 10.5.